The van der Waals surface area contributed by atoms with Crippen molar-refractivity contribution in [3.8, 4) is 0 Å². The normalized spacial score (nSPS) is 9.87. The van der Waals surface area contributed by atoms with Gasteiger partial charge in [0.2, 0.25) is 0 Å². The highest BCUT2D eigenvalue weighted by molar-refractivity contribution is 5.39. The number of aromatic nitrogens is 1. The SMILES string of the molecule is [c]1cnccc1NCCc1ccccc1. The number of pyridine rings is 1. The van der Waals surface area contributed by atoms with Gasteiger partial charge >= 0.3 is 0 Å². The predicted octanol–water partition coefficient (Wildman–Crippen LogP) is 2.54. The molecule has 15 heavy (non-hydrogen) atoms. The minimum absolute atomic E-state index is 0.921. The van der Waals surface area contributed by atoms with Crippen LogP contribution in [-0.4, -0.2) is 11.5 Å². The molecule has 1 N–H and O–H groups in total. The summed E-state index contributed by atoms with van der Waals surface area (Å²) in [6.45, 7) is 0.921. The number of hydrogen-bond donors (Lipinski definition) is 1. The summed E-state index contributed by atoms with van der Waals surface area (Å²) < 4.78 is 0. The van der Waals surface area contributed by atoms with Gasteiger partial charge in [0.05, 0.1) is 0 Å². The molecule has 0 aliphatic rings. The van der Waals surface area contributed by atoms with Gasteiger partial charge in [-0.15, -0.1) is 0 Å². The lowest BCUT2D eigenvalue weighted by Gasteiger charge is -2.05. The fourth-order valence-corrected chi connectivity index (χ4v) is 1.41. The van der Waals surface area contributed by atoms with Crippen molar-refractivity contribution in [1.82, 2.24) is 4.98 Å². The van der Waals surface area contributed by atoms with Crippen molar-refractivity contribution in [3.63, 3.8) is 0 Å². The third-order valence-electron chi connectivity index (χ3n) is 2.19. The Labute approximate surface area is 90.0 Å². The molecule has 0 saturated carbocycles. The van der Waals surface area contributed by atoms with E-state index in [4.69, 9.17) is 0 Å². The van der Waals surface area contributed by atoms with E-state index in [9.17, 15) is 0 Å². The number of benzene rings is 1. The smallest absolute Gasteiger partial charge is 0.0452 e. The number of nitrogens with zero attached hydrogens (tertiary/aromatic N) is 1. The average Bonchev–Trinajstić information content (AvgIpc) is 2.32. The Bertz CT molecular complexity index is 344. The molecular weight excluding hydrogens is 184 g/mol. The summed E-state index contributed by atoms with van der Waals surface area (Å²) in [4.78, 5) is 3.92. The van der Waals surface area contributed by atoms with Crippen molar-refractivity contribution in [3.05, 3.63) is 60.4 Å². The van der Waals surface area contributed by atoms with Crippen LogP contribution in [0.25, 0.3) is 0 Å². The lowest BCUT2D eigenvalue weighted by Crippen LogP contribution is -2.04. The van der Waals surface area contributed by atoms with E-state index in [0.717, 1.165) is 18.7 Å². The molecule has 0 atom stereocenters. The van der Waals surface area contributed by atoms with Crippen LogP contribution in [0.3, 0.4) is 0 Å². The fourth-order valence-electron chi connectivity index (χ4n) is 1.41. The molecule has 1 aromatic heterocycles. The zero-order valence-electron chi connectivity index (χ0n) is 8.48. The molecule has 0 amide bonds. The first kappa shape index (κ1) is 9.71. The number of hydrogen-bond acceptors (Lipinski definition) is 2. The van der Waals surface area contributed by atoms with Crippen molar-refractivity contribution < 1.29 is 0 Å². The number of rotatable bonds is 4. The molecular formula is C13H13N2. The summed E-state index contributed by atoms with van der Waals surface area (Å²) in [6.07, 6.45) is 4.46. The molecule has 0 unspecified atom stereocenters. The topological polar surface area (TPSA) is 24.9 Å². The van der Waals surface area contributed by atoms with Crippen molar-refractivity contribution in [2.75, 3.05) is 11.9 Å². The Hall–Kier alpha value is -1.83. The number of anilines is 1. The predicted molar refractivity (Wildman–Crippen MR) is 61.7 cm³/mol. The highest BCUT2D eigenvalue weighted by Gasteiger charge is 1.92. The van der Waals surface area contributed by atoms with Crippen LogP contribution in [0.5, 0.6) is 0 Å². The summed E-state index contributed by atoms with van der Waals surface area (Å²) in [6, 6.07) is 15.4. The molecule has 0 aliphatic heterocycles. The van der Waals surface area contributed by atoms with E-state index >= 15 is 0 Å². The van der Waals surface area contributed by atoms with Gasteiger partial charge < -0.3 is 5.32 Å². The zero-order valence-corrected chi connectivity index (χ0v) is 8.48. The van der Waals surface area contributed by atoms with Crippen molar-refractivity contribution in [1.29, 1.82) is 0 Å². The van der Waals surface area contributed by atoms with E-state index in [1.165, 1.54) is 5.56 Å². The third kappa shape index (κ3) is 3.09. The Balaban J connectivity index is 1.81. The van der Waals surface area contributed by atoms with Crippen LogP contribution in [0.15, 0.2) is 48.8 Å². The Kier molecular flexibility index (Phi) is 3.34. The first-order valence-corrected chi connectivity index (χ1v) is 5.04. The molecule has 0 spiro atoms. The molecule has 2 heteroatoms. The van der Waals surface area contributed by atoms with Gasteiger partial charge in [-0.05, 0) is 18.1 Å². The summed E-state index contributed by atoms with van der Waals surface area (Å²) >= 11 is 0. The van der Waals surface area contributed by atoms with E-state index in [0.29, 0.717) is 0 Å². The van der Waals surface area contributed by atoms with Gasteiger partial charge in [-0.1, -0.05) is 30.3 Å². The van der Waals surface area contributed by atoms with E-state index in [1.807, 2.05) is 12.1 Å². The zero-order chi connectivity index (χ0) is 10.3. The lowest BCUT2D eigenvalue weighted by molar-refractivity contribution is 1.02. The van der Waals surface area contributed by atoms with Crippen LogP contribution in [0.2, 0.25) is 0 Å². The van der Waals surface area contributed by atoms with Gasteiger partial charge in [-0.25, -0.2) is 0 Å². The molecule has 2 rings (SSSR count). The quantitative estimate of drug-likeness (QED) is 0.814. The van der Waals surface area contributed by atoms with Crippen LogP contribution < -0.4 is 5.32 Å². The summed E-state index contributed by atoms with van der Waals surface area (Å²) in [5.41, 5.74) is 2.35. The first-order valence-electron chi connectivity index (χ1n) is 5.04. The molecule has 2 nitrogen and oxygen atoms in total. The summed E-state index contributed by atoms with van der Waals surface area (Å²) in [5.74, 6) is 0. The molecule has 1 aromatic carbocycles. The van der Waals surface area contributed by atoms with Gasteiger partial charge in [0.1, 0.15) is 0 Å². The second kappa shape index (κ2) is 5.15. The van der Waals surface area contributed by atoms with Crippen LogP contribution >= 0.6 is 0 Å². The van der Waals surface area contributed by atoms with Crippen LogP contribution in [-0.2, 0) is 6.42 Å². The van der Waals surface area contributed by atoms with Crippen molar-refractivity contribution in [2.24, 2.45) is 0 Å². The maximum atomic E-state index is 3.92. The average molecular weight is 197 g/mol. The summed E-state index contributed by atoms with van der Waals surface area (Å²) in [5, 5.41) is 3.30. The molecule has 0 aliphatic carbocycles. The molecule has 1 radical (unpaired) electrons. The minimum Gasteiger partial charge on any atom is -0.384 e. The van der Waals surface area contributed by atoms with E-state index in [-0.39, 0.29) is 0 Å². The maximum Gasteiger partial charge on any atom is 0.0452 e. The standard InChI is InChI=1S/C13H13N2/c1-2-4-12(5-3-1)6-11-15-13-7-9-14-10-8-13/h1-5,7,9-10H,6,11H2,(H,14,15). The van der Waals surface area contributed by atoms with E-state index in [2.05, 4.69) is 40.6 Å². The van der Waals surface area contributed by atoms with Gasteiger partial charge in [0.25, 0.3) is 0 Å². The monoisotopic (exact) mass is 197 g/mol. The molecule has 0 saturated heterocycles. The Morgan fingerprint density at radius 1 is 1.13 bits per heavy atom. The Morgan fingerprint density at radius 2 is 2.00 bits per heavy atom. The van der Waals surface area contributed by atoms with Crippen LogP contribution in [0.4, 0.5) is 5.69 Å². The second-order valence-corrected chi connectivity index (χ2v) is 3.31. The highest BCUT2D eigenvalue weighted by Crippen LogP contribution is 2.03. The van der Waals surface area contributed by atoms with Crippen molar-refractivity contribution in [2.45, 2.75) is 6.42 Å². The van der Waals surface area contributed by atoms with E-state index < -0.39 is 0 Å². The molecule has 1 heterocycles. The summed E-state index contributed by atoms with van der Waals surface area (Å²) in [7, 11) is 0. The van der Waals surface area contributed by atoms with Gasteiger partial charge in [0.15, 0.2) is 0 Å². The first-order chi connectivity index (χ1) is 7.45. The van der Waals surface area contributed by atoms with Gasteiger partial charge in [-0.2, -0.15) is 0 Å². The van der Waals surface area contributed by atoms with Gasteiger partial charge in [-0.3, -0.25) is 4.98 Å². The van der Waals surface area contributed by atoms with E-state index in [1.54, 1.807) is 12.4 Å². The Morgan fingerprint density at radius 3 is 2.73 bits per heavy atom. The highest BCUT2D eigenvalue weighted by atomic mass is 14.9. The fraction of sp³-hybridized carbons (Fsp3) is 0.154. The lowest BCUT2D eigenvalue weighted by atomic mass is 10.1. The molecule has 75 valence electrons. The molecule has 0 fully saturated rings. The number of nitrogens with one attached hydrogen (secondary N) is 1. The van der Waals surface area contributed by atoms with Crippen LogP contribution in [0.1, 0.15) is 5.56 Å². The largest absolute Gasteiger partial charge is 0.384 e. The maximum absolute atomic E-state index is 3.92. The molecule has 2 aromatic rings. The third-order valence-corrected chi connectivity index (χ3v) is 2.19. The van der Waals surface area contributed by atoms with Crippen molar-refractivity contribution >= 4 is 5.69 Å². The minimum atomic E-state index is 0.921. The van der Waals surface area contributed by atoms with Gasteiger partial charge in [0, 0.05) is 30.7 Å². The van der Waals surface area contributed by atoms with Crippen LogP contribution in [0, 0.1) is 6.07 Å². The second-order valence-electron chi connectivity index (χ2n) is 3.31. The molecule has 0 bridgehead atoms.